The zero-order chi connectivity index (χ0) is 27.9. The smallest absolute Gasteiger partial charge is 0.337 e. The van der Waals surface area contributed by atoms with Crippen molar-refractivity contribution in [2.75, 3.05) is 23.3 Å². The first-order valence-electron chi connectivity index (χ1n) is 11.3. The number of anilines is 2. The summed E-state index contributed by atoms with van der Waals surface area (Å²) >= 11 is 4.24. The van der Waals surface area contributed by atoms with Gasteiger partial charge in [-0.05, 0) is 66.8 Å². The van der Waals surface area contributed by atoms with E-state index >= 15 is 0 Å². The van der Waals surface area contributed by atoms with E-state index in [0.717, 1.165) is 11.3 Å². The molecule has 38 heavy (non-hydrogen) atoms. The summed E-state index contributed by atoms with van der Waals surface area (Å²) in [5.41, 5.74) is 1.43. The molecule has 2 aromatic carbocycles. The molecule has 0 saturated heterocycles. The Bertz CT molecular complexity index is 1450. The van der Waals surface area contributed by atoms with Crippen molar-refractivity contribution in [3.8, 4) is 0 Å². The van der Waals surface area contributed by atoms with Crippen LogP contribution >= 0.6 is 34.9 Å². The van der Waals surface area contributed by atoms with E-state index in [0.29, 0.717) is 21.3 Å². The van der Waals surface area contributed by atoms with E-state index in [-0.39, 0.29) is 41.3 Å². The number of benzene rings is 2. The van der Waals surface area contributed by atoms with Crippen LogP contribution in [-0.2, 0) is 35.6 Å². The summed E-state index contributed by atoms with van der Waals surface area (Å²) in [6.45, 7) is 3.94. The highest BCUT2D eigenvalue weighted by Crippen LogP contribution is 2.51. The molecule has 14 heteroatoms. The predicted molar refractivity (Wildman–Crippen MR) is 151 cm³/mol. The average molecular weight is 645 g/mol. The SMILES string of the molecule is CCOP(=O)(Cc1ccc(NS(=O)(=O)Cc2csc(C(=O)Nc3ccc(Br)cc3C(=O)O)c2)cc1)OCC. The second-order valence-electron chi connectivity index (χ2n) is 7.93. The van der Waals surface area contributed by atoms with Crippen LogP contribution in [0.3, 0.4) is 0 Å². The van der Waals surface area contributed by atoms with Crippen molar-refractivity contribution < 1.29 is 36.7 Å². The number of hydrogen-bond donors (Lipinski definition) is 3. The van der Waals surface area contributed by atoms with Crippen LogP contribution in [0.15, 0.2) is 58.4 Å². The van der Waals surface area contributed by atoms with Gasteiger partial charge in [0, 0.05) is 10.2 Å². The van der Waals surface area contributed by atoms with Gasteiger partial charge in [-0.15, -0.1) is 11.3 Å². The number of sulfonamides is 1. The third-order valence-electron chi connectivity index (χ3n) is 4.95. The van der Waals surface area contributed by atoms with Crippen molar-refractivity contribution in [1.29, 1.82) is 0 Å². The zero-order valence-corrected chi connectivity index (χ0v) is 24.6. The lowest BCUT2D eigenvalue weighted by Gasteiger charge is -2.17. The van der Waals surface area contributed by atoms with Crippen LogP contribution in [0, 0.1) is 0 Å². The molecule has 0 radical (unpaired) electrons. The molecular weight excluding hydrogens is 619 g/mol. The standard InChI is InChI=1S/C24H26BrN2O8PS2/c1-3-34-36(31,35-4-2)13-16-5-8-19(9-6-16)27-38(32,33)15-17-11-22(37-14-17)23(28)26-21-10-7-18(25)12-20(21)24(29)30/h5-12,14,27H,3-4,13,15H2,1-2H3,(H,26,28)(H,29,30). The molecule has 3 N–H and O–H groups in total. The number of rotatable bonds is 13. The normalized spacial score (nSPS) is 11.8. The monoisotopic (exact) mass is 644 g/mol. The van der Waals surface area contributed by atoms with Gasteiger partial charge in [-0.2, -0.15) is 0 Å². The third kappa shape index (κ3) is 8.48. The number of carboxylic acids is 1. The molecule has 0 aliphatic carbocycles. The van der Waals surface area contributed by atoms with Gasteiger partial charge in [-0.1, -0.05) is 28.1 Å². The number of carbonyl (C=O) groups is 2. The highest BCUT2D eigenvalue weighted by atomic mass is 79.9. The summed E-state index contributed by atoms with van der Waals surface area (Å²) in [7, 11) is -7.09. The fraction of sp³-hybridized carbons (Fsp3) is 0.250. The maximum absolute atomic E-state index is 12.7. The van der Waals surface area contributed by atoms with Gasteiger partial charge in [-0.25, -0.2) is 13.2 Å². The molecule has 0 aliphatic heterocycles. The topological polar surface area (TPSA) is 148 Å². The first-order valence-corrected chi connectivity index (χ1v) is 16.4. The average Bonchev–Trinajstić information content (AvgIpc) is 3.29. The molecule has 10 nitrogen and oxygen atoms in total. The second kappa shape index (κ2) is 13.0. The van der Waals surface area contributed by atoms with E-state index in [1.54, 1.807) is 49.6 Å². The maximum atomic E-state index is 12.7. The number of aromatic carboxylic acids is 1. The molecule has 0 unspecified atom stereocenters. The Kier molecular flexibility index (Phi) is 10.3. The van der Waals surface area contributed by atoms with E-state index in [1.165, 1.54) is 18.2 Å². The highest BCUT2D eigenvalue weighted by Gasteiger charge is 2.24. The summed E-state index contributed by atoms with van der Waals surface area (Å²) in [5, 5.41) is 13.5. The summed E-state index contributed by atoms with van der Waals surface area (Å²) in [6.07, 6.45) is 0.0651. The van der Waals surface area contributed by atoms with E-state index in [9.17, 15) is 27.7 Å². The number of amides is 1. The van der Waals surface area contributed by atoms with Crippen molar-refractivity contribution in [3.63, 3.8) is 0 Å². The summed E-state index contributed by atoms with van der Waals surface area (Å²) in [6, 6.07) is 12.3. The van der Waals surface area contributed by atoms with Crippen LogP contribution in [0.5, 0.6) is 0 Å². The minimum Gasteiger partial charge on any atom is -0.478 e. The Morgan fingerprint density at radius 1 is 1.03 bits per heavy atom. The molecule has 1 aromatic heterocycles. The molecule has 0 fully saturated rings. The van der Waals surface area contributed by atoms with E-state index in [1.807, 2.05) is 0 Å². The summed E-state index contributed by atoms with van der Waals surface area (Å²) in [4.78, 5) is 24.3. The second-order valence-corrected chi connectivity index (χ2v) is 13.5. The van der Waals surface area contributed by atoms with Crippen molar-refractivity contribution in [3.05, 3.63) is 80.0 Å². The van der Waals surface area contributed by atoms with Crippen molar-refractivity contribution in [2.45, 2.75) is 25.8 Å². The number of carboxylic acid groups (broad SMARTS) is 1. The molecular formula is C24H26BrN2O8PS2. The lowest BCUT2D eigenvalue weighted by atomic mass is 10.2. The zero-order valence-electron chi connectivity index (χ0n) is 20.5. The minimum atomic E-state index is -3.81. The van der Waals surface area contributed by atoms with Crippen molar-refractivity contribution in [2.24, 2.45) is 0 Å². The molecule has 204 valence electrons. The van der Waals surface area contributed by atoms with Gasteiger partial charge in [0.2, 0.25) is 10.0 Å². The van der Waals surface area contributed by atoms with Gasteiger partial charge in [0.1, 0.15) is 0 Å². The fourth-order valence-electron chi connectivity index (χ4n) is 3.42. The Hall–Kier alpha value is -2.54. The largest absolute Gasteiger partial charge is 0.478 e. The first kappa shape index (κ1) is 30.0. The molecule has 0 atom stereocenters. The molecule has 3 aromatic rings. The van der Waals surface area contributed by atoms with Crippen LogP contribution in [-0.4, -0.2) is 38.6 Å². The molecule has 1 amide bonds. The maximum Gasteiger partial charge on any atom is 0.337 e. The Morgan fingerprint density at radius 2 is 1.68 bits per heavy atom. The van der Waals surface area contributed by atoms with Gasteiger partial charge < -0.3 is 19.5 Å². The molecule has 0 saturated carbocycles. The van der Waals surface area contributed by atoms with Crippen LogP contribution in [0.2, 0.25) is 0 Å². The number of thiophene rings is 1. The third-order valence-corrected chi connectivity index (χ3v) is 9.74. The van der Waals surface area contributed by atoms with Crippen LogP contribution in [0.25, 0.3) is 0 Å². The van der Waals surface area contributed by atoms with Gasteiger partial charge >= 0.3 is 13.6 Å². The number of carbonyl (C=O) groups excluding carboxylic acids is 1. The van der Waals surface area contributed by atoms with E-state index < -0.39 is 29.5 Å². The number of halogens is 1. The minimum absolute atomic E-state index is 0.0651. The lowest BCUT2D eigenvalue weighted by Crippen LogP contribution is -2.15. The van der Waals surface area contributed by atoms with Gasteiger partial charge in [0.05, 0.1) is 41.3 Å². The highest BCUT2D eigenvalue weighted by molar-refractivity contribution is 9.10. The Labute approximate surface area is 233 Å². The van der Waals surface area contributed by atoms with Gasteiger partial charge in [0.25, 0.3) is 5.91 Å². The van der Waals surface area contributed by atoms with Gasteiger partial charge in [-0.3, -0.25) is 14.1 Å². The molecule has 0 bridgehead atoms. The predicted octanol–water partition coefficient (Wildman–Crippen LogP) is 6.17. The summed E-state index contributed by atoms with van der Waals surface area (Å²) < 4.78 is 51.7. The van der Waals surface area contributed by atoms with Crippen LogP contribution in [0.1, 0.15) is 45.0 Å². The summed E-state index contributed by atoms with van der Waals surface area (Å²) in [5.74, 6) is -2.12. The molecule has 0 spiro atoms. The van der Waals surface area contributed by atoms with Crippen LogP contribution in [0.4, 0.5) is 11.4 Å². The quantitative estimate of drug-likeness (QED) is 0.187. The first-order chi connectivity index (χ1) is 17.9. The molecule has 0 aliphatic rings. The van der Waals surface area contributed by atoms with Crippen molar-refractivity contribution in [1.82, 2.24) is 0 Å². The molecule has 3 rings (SSSR count). The Morgan fingerprint density at radius 3 is 2.29 bits per heavy atom. The van der Waals surface area contributed by atoms with E-state index in [4.69, 9.17) is 9.05 Å². The number of nitrogens with one attached hydrogen (secondary N) is 2. The van der Waals surface area contributed by atoms with Crippen molar-refractivity contribution >= 4 is 68.1 Å². The lowest BCUT2D eigenvalue weighted by molar-refractivity contribution is 0.0698. The number of hydrogen-bond acceptors (Lipinski definition) is 8. The van der Waals surface area contributed by atoms with E-state index in [2.05, 4.69) is 26.0 Å². The Balaban J connectivity index is 1.64. The van der Waals surface area contributed by atoms with Crippen LogP contribution < -0.4 is 10.0 Å². The molecule has 1 heterocycles. The van der Waals surface area contributed by atoms with Gasteiger partial charge in [0.15, 0.2) is 0 Å². The fourth-order valence-corrected chi connectivity index (χ4v) is 7.56.